The van der Waals surface area contributed by atoms with Crippen LogP contribution in [0.1, 0.15) is 24.0 Å². The summed E-state index contributed by atoms with van der Waals surface area (Å²) in [4.78, 5) is 0. The van der Waals surface area contributed by atoms with Gasteiger partial charge in [-0.1, -0.05) is 29.8 Å². The fourth-order valence-corrected chi connectivity index (χ4v) is 2.35. The van der Waals surface area contributed by atoms with E-state index in [-0.39, 0.29) is 5.82 Å². The highest BCUT2D eigenvalue weighted by Crippen LogP contribution is 2.28. The van der Waals surface area contributed by atoms with E-state index in [9.17, 15) is 4.39 Å². The average Bonchev–Trinajstić information content (AvgIpc) is 3.30. The summed E-state index contributed by atoms with van der Waals surface area (Å²) in [5, 5.41) is 4.15. The number of ether oxygens (including phenoxy) is 1. The fourth-order valence-electron chi connectivity index (χ4n) is 2.12. The molecule has 0 bridgehead atoms. The molecule has 0 spiro atoms. The van der Waals surface area contributed by atoms with E-state index < -0.39 is 0 Å². The normalized spacial score (nSPS) is 14.2. The van der Waals surface area contributed by atoms with Gasteiger partial charge in [0.1, 0.15) is 18.2 Å². The van der Waals surface area contributed by atoms with Gasteiger partial charge in [-0.15, -0.1) is 0 Å². The molecule has 0 aliphatic heterocycles. The smallest absolute Gasteiger partial charge is 0.125 e. The van der Waals surface area contributed by atoms with Crippen molar-refractivity contribution >= 4 is 11.6 Å². The van der Waals surface area contributed by atoms with Crippen LogP contribution in [0.2, 0.25) is 5.02 Å². The molecular weight excluding hydrogens is 289 g/mol. The van der Waals surface area contributed by atoms with Gasteiger partial charge in [0.15, 0.2) is 0 Å². The van der Waals surface area contributed by atoms with Crippen LogP contribution in [0.4, 0.5) is 4.39 Å². The van der Waals surface area contributed by atoms with Crippen molar-refractivity contribution in [1.82, 2.24) is 5.32 Å². The first-order valence-corrected chi connectivity index (χ1v) is 7.48. The van der Waals surface area contributed by atoms with E-state index in [2.05, 4.69) is 5.32 Å². The molecule has 1 saturated carbocycles. The van der Waals surface area contributed by atoms with Crippen molar-refractivity contribution in [1.29, 1.82) is 0 Å². The van der Waals surface area contributed by atoms with Gasteiger partial charge in [-0.3, -0.25) is 0 Å². The molecule has 0 heterocycles. The summed E-state index contributed by atoms with van der Waals surface area (Å²) >= 11 is 6.27. The second-order valence-electron chi connectivity index (χ2n) is 5.29. The van der Waals surface area contributed by atoms with Crippen LogP contribution in [-0.2, 0) is 13.2 Å². The second kappa shape index (κ2) is 6.46. The summed E-state index contributed by atoms with van der Waals surface area (Å²) in [6.07, 6.45) is 2.46. The number of nitrogens with one attached hydrogen (secondary N) is 1. The standard InChI is InChI=1S/C17H17ClFNO/c18-16-2-1-3-17(15(16)10-20-14-8-9-14)21-11-12-4-6-13(19)7-5-12/h1-7,14,20H,8-11H2. The van der Waals surface area contributed by atoms with Gasteiger partial charge in [-0.2, -0.15) is 0 Å². The van der Waals surface area contributed by atoms with Crippen molar-refractivity contribution in [3.8, 4) is 5.75 Å². The predicted octanol–water partition coefficient (Wildman–Crippen LogP) is 4.31. The zero-order valence-corrected chi connectivity index (χ0v) is 12.4. The number of halogens is 2. The van der Waals surface area contributed by atoms with Gasteiger partial charge in [0, 0.05) is 23.2 Å². The molecule has 3 rings (SSSR count). The molecule has 0 aromatic heterocycles. The molecule has 0 amide bonds. The average molecular weight is 306 g/mol. The Morgan fingerprint density at radius 3 is 2.62 bits per heavy atom. The minimum Gasteiger partial charge on any atom is -0.489 e. The molecule has 110 valence electrons. The highest BCUT2D eigenvalue weighted by Gasteiger charge is 2.21. The Morgan fingerprint density at radius 2 is 1.90 bits per heavy atom. The number of rotatable bonds is 6. The van der Waals surface area contributed by atoms with Gasteiger partial charge in [-0.05, 0) is 42.7 Å². The first-order valence-electron chi connectivity index (χ1n) is 7.10. The van der Waals surface area contributed by atoms with Crippen LogP contribution in [0.15, 0.2) is 42.5 Å². The minimum absolute atomic E-state index is 0.240. The second-order valence-corrected chi connectivity index (χ2v) is 5.69. The van der Waals surface area contributed by atoms with E-state index in [1.54, 1.807) is 12.1 Å². The van der Waals surface area contributed by atoms with E-state index in [0.717, 1.165) is 16.9 Å². The van der Waals surface area contributed by atoms with E-state index in [4.69, 9.17) is 16.3 Å². The summed E-state index contributed by atoms with van der Waals surface area (Å²) < 4.78 is 18.7. The molecule has 2 nitrogen and oxygen atoms in total. The topological polar surface area (TPSA) is 21.3 Å². The maximum atomic E-state index is 12.9. The molecule has 4 heteroatoms. The number of hydrogen-bond acceptors (Lipinski definition) is 2. The molecule has 1 N–H and O–H groups in total. The highest BCUT2D eigenvalue weighted by atomic mass is 35.5. The van der Waals surface area contributed by atoms with E-state index >= 15 is 0 Å². The van der Waals surface area contributed by atoms with Gasteiger partial charge in [0.2, 0.25) is 0 Å². The van der Waals surface area contributed by atoms with Crippen molar-refractivity contribution in [3.63, 3.8) is 0 Å². The Kier molecular flexibility index (Phi) is 4.42. The molecule has 21 heavy (non-hydrogen) atoms. The molecule has 2 aromatic carbocycles. The first-order chi connectivity index (χ1) is 10.2. The van der Waals surface area contributed by atoms with Crippen LogP contribution in [0.25, 0.3) is 0 Å². The Labute approximate surface area is 128 Å². The van der Waals surface area contributed by atoms with Gasteiger partial charge in [-0.25, -0.2) is 4.39 Å². The maximum absolute atomic E-state index is 12.9. The largest absolute Gasteiger partial charge is 0.489 e. The van der Waals surface area contributed by atoms with E-state index in [1.165, 1.54) is 25.0 Å². The van der Waals surface area contributed by atoms with Crippen LogP contribution in [0.3, 0.4) is 0 Å². The zero-order valence-electron chi connectivity index (χ0n) is 11.6. The first kappa shape index (κ1) is 14.4. The Balaban J connectivity index is 1.68. The summed E-state index contributed by atoms with van der Waals surface area (Å²) in [6, 6.07) is 12.6. The monoisotopic (exact) mass is 305 g/mol. The van der Waals surface area contributed by atoms with Gasteiger partial charge >= 0.3 is 0 Å². The predicted molar refractivity (Wildman–Crippen MR) is 82.0 cm³/mol. The molecule has 0 radical (unpaired) electrons. The SMILES string of the molecule is Fc1ccc(COc2cccc(Cl)c2CNC2CC2)cc1. The summed E-state index contributed by atoms with van der Waals surface area (Å²) in [6.45, 7) is 1.11. The summed E-state index contributed by atoms with van der Waals surface area (Å²) in [5.74, 6) is 0.538. The molecule has 0 saturated heterocycles. The van der Waals surface area contributed by atoms with Crippen molar-refractivity contribution in [2.75, 3.05) is 0 Å². The van der Waals surface area contributed by atoms with Crippen LogP contribution >= 0.6 is 11.6 Å². The van der Waals surface area contributed by atoms with Gasteiger partial charge < -0.3 is 10.1 Å². The Morgan fingerprint density at radius 1 is 1.14 bits per heavy atom. The fraction of sp³-hybridized carbons (Fsp3) is 0.294. The molecule has 1 aliphatic rings. The van der Waals surface area contributed by atoms with E-state index in [0.29, 0.717) is 24.2 Å². The van der Waals surface area contributed by atoms with Crippen LogP contribution in [-0.4, -0.2) is 6.04 Å². The quantitative estimate of drug-likeness (QED) is 0.858. The van der Waals surface area contributed by atoms with Crippen molar-refractivity contribution < 1.29 is 9.13 Å². The van der Waals surface area contributed by atoms with Crippen LogP contribution < -0.4 is 10.1 Å². The Bertz CT molecular complexity index is 611. The molecule has 0 unspecified atom stereocenters. The molecular formula is C17H17ClFNO. The van der Waals surface area contributed by atoms with Crippen molar-refractivity contribution in [2.24, 2.45) is 0 Å². The number of benzene rings is 2. The highest BCUT2D eigenvalue weighted by molar-refractivity contribution is 6.31. The van der Waals surface area contributed by atoms with Gasteiger partial charge in [0.05, 0.1) is 0 Å². The van der Waals surface area contributed by atoms with Crippen LogP contribution in [0, 0.1) is 5.82 Å². The lowest BCUT2D eigenvalue weighted by molar-refractivity contribution is 0.302. The van der Waals surface area contributed by atoms with E-state index in [1.807, 2.05) is 18.2 Å². The maximum Gasteiger partial charge on any atom is 0.125 e. The van der Waals surface area contributed by atoms with Gasteiger partial charge in [0.25, 0.3) is 0 Å². The van der Waals surface area contributed by atoms with Crippen LogP contribution in [0.5, 0.6) is 5.75 Å². The molecule has 1 fully saturated rings. The van der Waals surface area contributed by atoms with Crippen molar-refractivity contribution in [2.45, 2.75) is 32.0 Å². The lowest BCUT2D eigenvalue weighted by Gasteiger charge is -2.13. The Hall–Kier alpha value is -1.58. The lowest BCUT2D eigenvalue weighted by Crippen LogP contribution is -2.16. The zero-order chi connectivity index (χ0) is 14.7. The molecule has 0 atom stereocenters. The third-order valence-electron chi connectivity index (χ3n) is 3.53. The molecule has 2 aromatic rings. The summed E-state index contributed by atoms with van der Waals surface area (Å²) in [5.41, 5.74) is 1.91. The number of hydrogen-bond donors (Lipinski definition) is 1. The third-order valence-corrected chi connectivity index (χ3v) is 3.88. The minimum atomic E-state index is -0.240. The summed E-state index contributed by atoms with van der Waals surface area (Å²) in [7, 11) is 0. The van der Waals surface area contributed by atoms with Crippen molar-refractivity contribution in [3.05, 3.63) is 64.4 Å². The molecule has 1 aliphatic carbocycles. The lowest BCUT2D eigenvalue weighted by atomic mass is 10.2. The third kappa shape index (κ3) is 3.96.